The molecule has 0 radical (unpaired) electrons. The van der Waals surface area contributed by atoms with E-state index in [1.165, 1.54) is 0 Å². The smallest absolute Gasteiger partial charge is 0.251 e. The van der Waals surface area contributed by atoms with Crippen LogP contribution in [0.2, 0.25) is 5.02 Å². The molecule has 0 saturated heterocycles. The zero-order valence-corrected chi connectivity index (χ0v) is 14.9. The van der Waals surface area contributed by atoms with Crippen molar-refractivity contribution in [1.29, 1.82) is 0 Å². The van der Waals surface area contributed by atoms with E-state index in [0.717, 1.165) is 18.5 Å². The average molecular weight is 360 g/mol. The van der Waals surface area contributed by atoms with Gasteiger partial charge in [0, 0.05) is 28.5 Å². The van der Waals surface area contributed by atoms with Crippen molar-refractivity contribution in [2.24, 2.45) is 0 Å². The standard InChI is InChI=1S/C19H22ClN3O2/c1-2-3-12-21-19(25)14-4-8-17(9-5-14)23-18(24)13-22-16-10-6-15(20)7-11-16/h4-11,22H,2-3,12-13H2,1H3,(H,21,25)(H,23,24). The number of unbranched alkanes of at least 4 members (excludes halogenated alkanes) is 1. The molecule has 0 saturated carbocycles. The SMILES string of the molecule is CCCCNC(=O)c1ccc(NC(=O)CNc2ccc(Cl)cc2)cc1. The van der Waals surface area contributed by atoms with Crippen molar-refractivity contribution in [1.82, 2.24) is 5.32 Å². The number of carbonyl (C=O) groups is 2. The third-order valence-electron chi connectivity index (χ3n) is 3.54. The molecule has 0 atom stereocenters. The molecule has 0 spiro atoms. The number of anilines is 2. The van der Waals surface area contributed by atoms with E-state index in [0.29, 0.717) is 22.8 Å². The quantitative estimate of drug-likeness (QED) is 0.625. The van der Waals surface area contributed by atoms with Crippen molar-refractivity contribution in [3.05, 3.63) is 59.1 Å². The number of rotatable bonds is 8. The molecule has 132 valence electrons. The van der Waals surface area contributed by atoms with Crippen LogP contribution in [0.15, 0.2) is 48.5 Å². The monoisotopic (exact) mass is 359 g/mol. The number of hydrogen-bond acceptors (Lipinski definition) is 3. The van der Waals surface area contributed by atoms with Crippen LogP contribution >= 0.6 is 11.6 Å². The molecule has 2 amide bonds. The molecule has 2 rings (SSSR count). The van der Waals surface area contributed by atoms with Crippen LogP contribution in [0.4, 0.5) is 11.4 Å². The molecule has 0 aromatic heterocycles. The number of nitrogens with one attached hydrogen (secondary N) is 3. The third kappa shape index (κ3) is 6.47. The van der Waals surface area contributed by atoms with E-state index in [4.69, 9.17) is 11.6 Å². The van der Waals surface area contributed by atoms with Crippen molar-refractivity contribution >= 4 is 34.8 Å². The Kier molecular flexibility index (Phi) is 7.29. The largest absolute Gasteiger partial charge is 0.376 e. The van der Waals surface area contributed by atoms with Gasteiger partial charge in [-0.25, -0.2) is 0 Å². The first kappa shape index (κ1) is 18.8. The van der Waals surface area contributed by atoms with Gasteiger partial charge in [0.25, 0.3) is 5.91 Å². The lowest BCUT2D eigenvalue weighted by molar-refractivity contribution is -0.114. The van der Waals surface area contributed by atoms with Crippen LogP contribution in [0.25, 0.3) is 0 Å². The highest BCUT2D eigenvalue weighted by molar-refractivity contribution is 6.30. The summed E-state index contributed by atoms with van der Waals surface area (Å²) in [6.45, 7) is 2.89. The van der Waals surface area contributed by atoms with Crippen LogP contribution < -0.4 is 16.0 Å². The van der Waals surface area contributed by atoms with Gasteiger partial charge in [-0.1, -0.05) is 24.9 Å². The van der Waals surface area contributed by atoms with Gasteiger partial charge >= 0.3 is 0 Å². The normalized spacial score (nSPS) is 10.2. The number of halogens is 1. The van der Waals surface area contributed by atoms with Crippen LogP contribution in [0.1, 0.15) is 30.1 Å². The Bertz CT molecular complexity index is 700. The van der Waals surface area contributed by atoms with Crippen molar-refractivity contribution in [3.63, 3.8) is 0 Å². The highest BCUT2D eigenvalue weighted by atomic mass is 35.5. The predicted octanol–water partition coefficient (Wildman–Crippen LogP) is 3.92. The topological polar surface area (TPSA) is 70.2 Å². The highest BCUT2D eigenvalue weighted by Gasteiger charge is 2.06. The van der Waals surface area contributed by atoms with Gasteiger partial charge in [-0.05, 0) is 55.0 Å². The minimum atomic E-state index is -0.171. The van der Waals surface area contributed by atoms with Gasteiger partial charge in [0.2, 0.25) is 5.91 Å². The predicted molar refractivity (Wildman–Crippen MR) is 102 cm³/mol. The molecule has 0 unspecified atom stereocenters. The highest BCUT2D eigenvalue weighted by Crippen LogP contribution is 2.13. The van der Waals surface area contributed by atoms with Crippen molar-refractivity contribution in [3.8, 4) is 0 Å². The molecule has 6 heteroatoms. The lowest BCUT2D eigenvalue weighted by atomic mass is 10.2. The first-order chi connectivity index (χ1) is 12.1. The Morgan fingerprint density at radius 2 is 1.60 bits per heavy atom. The molecule has 3 N–H and O–H groups in total. The fraction of sp³-hybridized carbons (Fsp3) is 0.263. The second kappa shape index (κ2) is 9.69. The lowest BCUT2D eigenvalue weighted by Gasteiger charge is -2.09. The Balaban J connectivity index is 1.80. The van der Waals surface area contributed by atoms with Crippen molar-refractivity contribution in [2.45, 2.75) is 19.8 Å². The van der Waals surface area contributed by atoms with Crippen LogP contribution in [0.3, 0.4) is 0 Å². The van der Waals surface area contributed by atoms with Gasteiger partial charge in [-0.3, -0.25) is 9.59 Å². The molecule has 25 heavy (non-hydrogen) atoms. The van der Waals surface area contributed by atoms with E-state index in [1.54, 1.807) is 36.4 Å². The maximum atomic E-state index is 12.0. The van der Waals surface area contributed by atoms with Gasteiger partial charge in [-0.15, -0.1) is 0 Å². The zero-order valence-electron chi connectivity index (χ0n) is 14.1. The summed E-state index contributed by atoms with van der Waals surface area (Å²) in [5.41, 5.74) is 2.04. The number of hydrogen-bond donors (Lipinski definition) is 3. The second-order valence-corrected chi connectivity index (χ2v) is 6.03. The molecule has 0 aliphatic rings. The van der Waals surface area contributed by atoms with Crippen LogP contribution in [0, 0.1) is 0 Å². The maximum absolute atomic E-state index is 12.0. The molecule has 0 aliphatic carbocycles. The van der Waals surface area contributed by atoms with E-state index < -0.39 is 0 Å². The minimum Gasteiger partial charge on any atom is -0.376 e. The van der Waals surface area contributed by atoms with E-state index >= 15 is 0 Å². The fourth-order valence-electron chi connectivity index (χ4n) is 2.14. The zero-order chi connectivity index (χ0) is 18.1. The fourth-order valence-corrected chi connectivity index (χ4v) is 2.27. The summed E-state index contributed by atoms with van der Waals surface area (Å²) < 4.78 is 0. The van der Waals surface area contributed by atoms with Gasteiger partial charge in [0.1, 0.15) is 0 Å². The summed E-state index contributed by atoms with van der Waals surface area (Å²) in [5.74, 6) is -0.272. The summed E-state index contributed by atoms with van der Waals surface area (Å²) in [5, 5.41) is 9.30. The van der Waals surface area contributed by atoms with E-state index in [1.807, 2.05) is 12.1 Å². The van der Waals surface area contributed by atoms with E-state index in [-0.39, 0.29) is 18.4 Å². The molecule has 0 aliphatic heterocycles. The number of amides is 2. The molecular weight excluding hydrogens is 338 g/mol. The second-order valence-electron chi connectivity index (χ2n) is 5.60. The average Bonchev–Trinajstić information content (AvgIpc) is 2.62. The van der Waals surface area contributed by atoms with Crippen LogP contribution in [0.5, 0.6) is 0 Å². The summed E-state index contributed by atoms with van der Waals surface area (Å²) >= 11 is 5.82. The molecular formula is C19H22ClN3O2. The van der Waals surface area contributed by atoms with Crippen molar-refractivity contribution < 1.29 is 9.59 Å². The van der Waals surface area contributed by atoms with Gasteiger partial charge in [0.05, 0.1) is 6.54 Å². The van der Waals surface area contributed by atoms with E-state index in [2.05, 4.69) is 22.9 Å². The van der Waals surface area contributed by atoms with E-state index in [9.17, 15) is 9.59 Å². The Hall–Kier alpha value is -2.53. The Morgan fingerprint density at radius 3 is 2.24 bits per heavy atom. The molecule has 0 bridgehead atoms. The number of benzene rings is 2. The van der Waals surface area contributed by atoms with Gasteiger partial charge in [-0.2, -0.15) is 0 Å². The van der Waals surface area contributed by atoms with Crippen LogP contribution in [-0.4, -0.2) is 24.9 Å². The first-order valence-electron chi connectivity index (χ1n) is 8.26. The number of carbonyl (C=O) groups excluding carboxylic acids is 2. The van der Waals surface area contributed by atoms with Gasteiger partial charge in [0.15, 0.2) is 0 Å². The molecule has 0 heterocycles. The maximum Gasteiger partial charge on any atom is 0.251 e. The Labute approximate surface area is 152 Å². The molecule has 2 aromatic carbocycles. The summed E-state index contributed by atoms with van der Waals surface area (Å²) in [4.78, 5) is 23.9. The molecule has 2 aromatic rings. The molecule has 0 fully saturated rings. The first-order valence-corrected chi connectivity index (χ1v) is 8.64. The minimum absolute atomic E-state index is 0.101. The molecule has 5 nitrogen and oxygen atoms in total. The summed E-state index contributed by atoms with van der Waals surface area (Å²) in [6.07, 6.45) is 2.00. The lowest BCUT2D eigenvalue weighted by Crippen LogP contribution is -2.24. The van der Waals surface area contributed by atoms with Crippen molar-refractivity contribution in [2.75, 3.05) is 23.7 Å². The van der Waals surface area contributed by atoms with Crippen LogP contribution in [-0.2, 0) is 4.79 Å². The summed E-state index contributed by atoms with van der Waals surface area (Å²) in [7, 11) is 0. The van der Waals surface area contributed by atoms with Gasteiger partial charge < -0.3 is 16.0 Å². The summed E-state index contributed by atoms with van der Waals surface area (Å²) in [6, 6.07) is 14.0. The Morgan fingerprint density at radius 1 is 0.960 bits per heavy atom. The third-order valence-corrected chi connectivity index (χ3v) is 3.80.